The van der Waals surface area contributed by atoms with Crippen molar-refractivity contribution in [1.82, 2.24) is 20.1 Å². The number of hydrogen-bond donors (Lipinski definition) is 1. The zero-order valence-corrected chi connectivity index (χ0v) is 20.6. The van der Waals surface area contributed by atoms with Crippen LogP contribution >= 0.6 is 35.0 Å². The Labute approximate surface area is 203 Å². The molecule has 0 saturated heterocycles. The number of hydrogen-bond acceptors (Lipinski definition) is 4. The predicted molar refractivity (Wildman–Crippen MR) is 132 cm³/mol. The maximum atomic E-state index is 12.9. The molecule has 1 heterocycles. The number of nitrogens with zero attached hydrogens (tertiary/aromatic N) is 3. The molecular weight excluding hydrogens is 463 g/mol. The average molecular weight is 489 g/mol. The minimum absolute atomic E-state index is 0.112. The van der Waals surface area contributed by atoms with Crippen LogP contribution in [-0.4, -0.2) is 20.7 Å². The highest BCUT2D eigenvalue weighted by molar-refractivity contribution is 7.98. The van der Waals surface area contributed by atoms with Crippen molar-refractivity contribution in [3.05, 3.63) is 87.7 Å². The van der Waals surface area contributed by atoms with Crippen LogP contribution in [0.1, 0.15) is 47.2 Å². The van der Waals surface area contributed by atoms with Gasteiger partial charge in [-0.05, 0) is 42.7 Å². The summed E-state index contributed by atoms with van der Waals surface area (Å²) in [5.41, 5.74) is 2.68. The van der Waals surface area contributed by atoms with Crippen LogP contribution in [0.4, 0.5) is 0 Å². The lowest BCUT2D eigenvalue weighted by atomic mass is 10.0. The number of thioether (sulfide) groups is 1. The molecule has 1 amide bonds. The Hall–Kier alpha value is -2.28. The smallest absolute Gasteiger partial charge is 0.251 e. The van der Waals surface area contributed by atoms with Gasteiger partial charge in [0.2, 0.25) is 0 Å². The van der Waals surface area contributed by atoms with Crippen molar-refractivity contribution in [1.29, 1.82) is 0 Å². The van der Waals surface area contributed by atoms with Crippen molar-refractivity contribution in [2.75, 3.05) is 0 Å². The molecule has 0 aliphatic heterocycles. The third-order valence-corrected chi connectivity index (χ3v) is 6.58. The molecule has 5 nitrogen and oxygen atoms in total. The van der Waals surface area contributed by atoms with E-state index < -0.39 is 0 Å². The summed E-state index contributed by atoms with van der Waals surface area (Å²) in [6.45, 7) is 10.5. The molecule has 0 fully saturated rings. The SMILES string of the molecule is C=CCn1c(SCc2ccc(Cl)cc2Cl)nnc1C(NC(=O)c1ccc(C)cc1)C(C)C. The molecule has 168 valence electrons. The number of aromatic nitrogens is 3. The quantitative estimate of drug-likeness (QED) is 0.275. The van der Waals surface area contributed by atoms with Gasteiger partial charge in [0, 0.05) is 27.9 Å². The number of halogens is 2. The number of carbonyl (C=O) groups is 1. The van der Waals surface area contributed by atoms with Gasteiger partial charge in [-0.1, -0.05) is 78.6 Å². The van der Waals surface area contributed by atoms with E-state index in [-0.39, 0.29) is 17.9 Å². The van der Waals surface area contributed by atoms with Crippen LogP contribution in [0.2, 0.25) is 10.0 Å². The summed E-state index contributed by atoms with van der Waals surface area (Å²) < 4.78 is 1.99. The van der Waals surface area contributed by atoms with Crippen LogP contribution < -0.4 is 5.32 Å². The topological polar surface area (TPSA) is 59.8 Å². The highest BCUT2D eigenvalue weighted by atomic mass is 35.5. The van der Waals surface area contributed by atoms with E-state index in [0.717, 1.165) is 16.3 Å². The van der Waals surface area contributed by atoms with Crippen LogP contribution in [-0.2, 0) is 12.3 Å². The average Bonchev–Trinajstić information content (AvgIpc) is 3.14. The highest BCUT2D eigenvalue weighted by Gasteiger charge is 2.26. The summed E-state index contributed by atoms with van der Waals surface area (Å²) in [6.07, 6.45) is 1.80. The molecule has 1 atom stereocenters. The van der Waals surface area contributed by atoms with Gasteiger partial charge in [-0.2, -0.15) is 0 Å². The Balaban J connectivity index is 1.83. The molecule has 1 N–H and O–H groups in total. The zero-order valence-electron chi connectivity index (χ0n) is 18.3. The largest absolute Gasteiger partial charge is 0.342 e. The standard InChI is InChI=1S/C24H26Cl2N4OS/c1-5-12-30-22(21(15(2)3)27-23(31)17-8-6-16(4)7-9-17)28-29-24(30)32-14-18-10-11-19(25)13-20(18)26/h5-11,13,15,21H,1,12,14H2,2-4H3,(H,27,31). The fourth-order valence-electron chi connectivity index (χ4n) is 3.18. The Bertz CT molecular complexity index is 1100. The van der Waals surface area contributed by atoms with Gasteiger partial charge in [-0.15, -0.1) is 16.8 Å². The van der Waals surface area contributed by atoms with Crippen molar-refractivity contribution in [2.45, 2.75) is 44.3 Å². The van der Waals surface area contributed by atoms with Crippen LogP contribution in [0, 0.1) is 12.8 Å². The maximum Gasteiger partial charge on any atom is 0.251 e. The molecule has 0 aliphatic carbocycles. The summed E-state index contributed by atoms with van der Waals surface area (Å²) in [7, 11) is 0. The van der Waals surface area contributed by atoms with Crippen molar-refractivity contribution in [3.63, 3.8) is 0 Å². The van der Waals surface area contributed by atoms with E-state index in [0.29, 0.717) is 33.7 Å². The Kier molecular flexibility index (Phi) is 8.40. The van der Waals surface area contributed by atoms with Crippen molar-refractivity contribution < 1.29 is 4.79 Å². The van der Waals surface area contributed by atoms with Crippen molar-refractivity contribution in [2.24, 2.45) is 5.92 Å². The fourth-order valence-corrected chi connectivity index (χ4v) is 4.69. The van der Waals surface area contributed by atoms with Gasteiger partial charge in [-0.25, -0.2) is 0 Å². The number of aryl methyl sites for hydroxylation is 1. The van der Waals surface area contributed by atoms with Crippen LogP contribution in [0.3, 0.4) is 0 Å². The first-order valence-corrected chi connectivity index (χ1v) is 12.0. The molecule has 1 aromatic heterocycles. The van der Waals surface area contributed by atoms with Gasteiger partial charge in [-0.3, -0.25) is 4.79 Å². The van der Waals surface area contributed by atoms with Gasteiger partial charge in [0.05, 0.1) is 6.04 Å². The summed E-state index contributed by atoms with van der Waals surface area (Å²) >= 11 is 13.8. The first-order chi connectivity index (χ1) is 15.3. The minimum atomic E-state index is -0.301. The summed E-state index contributed by atoms with van der Waals surface area (Å²) in [5, 5.41) is 13.9. The first kappa shape index (κ1) is 24.4. The monoisotopic (exact) mass is 488 g/mol. The van der Waals surface area contributed by atoms with Crippen molar-refractivity contribution >= 4 is 40.9 Å². The molecular formula is C24H26Cl2N4OS. The number of benzene rings is 2. The molecule has 8 heteroatoms. The number of allylic oxidation sites excluding steroid dienone is 1. The van der Waals surface area contributed by atoms with E-state index in [9.17, 15) is 4.79 Å². The second kappa shape index (κ2) is 11.0. The van der Waals surface area contributed by atoms with E-state index in [1.165, 1.54) is 11.8 Å². The molecule has 0 aliphatic rings. The molecule has 3 aromatic rings. The van der Waals surface area contributed by atoms with Gasteiger partial charge in [0.15, 0.2) is 11.0 Å². The Morgan fingerprint density at radius 1 is 1.19 bits per heavy atom. The van der Waals surface area contributed by atoms with E-state index in [1.54, 1.807) is 12.1 Å². The van der Waals surface area contributed by atoms with Gasteiger partial charge in [0.1, 0.15) is 0 Å². The van der Waals surface area contributed by atoms with Crippen LogP contribution in [0.15, 0.2) is 60.3 Å². The molecule has 0 radical (unpaired) electrons. The lowest BCUT2D eigenvalue weighted by Crippen LogP contribution is -2.33. The zero-order chi connectivity index (χ0) is 23.3. The number of carbonyl (C=O) groups excluding carboxylic acids is 1. The molecule has 3 rings (SSSR count). The summed E-state index contributed by atoms with van der Waals surface area (Å²) in [5.74, 6) is 1.29. The molecule has 0 bridgehead atoms. The van der Waals surface area contributed by atoms with E-state index in [2.05, 4.69) is 22.1 Å². The number of rotatable bonds is 9. The minimum Gasteiger partial charge on any atom is -0.342 e. The molecule has 32 heavy (non-hydrogen) atoms. The molecule has 1 unspecified atom stereocenters. The van der Waals surface area contributed by atoms with Gasteiger partial charge >= 0.3 is 0 Å². The normalized spacial score (nSPS) is 12.1. The lowest BCUT2D eigenvalue weighted by molar-refractivity contribution is 0.0922. The lowest BCUT2D eigenvalue weighted by Gasteiger charge is -2.22. The molecule has 2 aromatic carbocycles. The fraction of sp³-hybridized carbons (Fsp3) is 0.292. The van der Waals surface area contributed by atoms with E-state index in [4.69, 9.17) is 23.2 Å². The van der Waals surface area contributed by atoms with Gasteiger partial charge in [0.25, 0.3) is 5.91 Å². The predicted octanol–water partition coefficient (Wildman–Crippen LogP) is 6.50. The summed E-state index contributed by atoms with van der Waals surface area (Å²) in [4.78, 5) is 12.9. The molecule has 0 saturated carbocycles. The van der Waals surface area contributed by atoms with E-state index >= 15 is 0 Å². The maximum absolute atomic E-state index is 12.9. The third-order valence-electron chi connectivity index (χ3n) is 4.97. The van der Waals surface area contributed by atoms with Crippen LogP contribution in [0.5, 0.6) is 0 Å². The first-order valence-electron chi connectivity index (χ1n) is 10.3. The molecule has 0 spiro atoms. The third kappa shape index (κ3) is 5.94. The van der Waals surface area contributed by atoms with E-state index in [1.807, 2.05) is 61.7 Å². The van der Waals surface area contributed by atoms with Crippen molar-refractivity contribution in [3.8, 4) is 0 Å². The Morgan fingerprint density at radius 2 is 1.91 bits per heavy atom. The summed E-state index contributed by atoms with van der Waals surface area (Å²) in [6, 6.07) is 12.7. The highest BCUT2D eigenvalue weighted by Crippen LogP contribution is 2.30. The second-order valence-electron chi connectivity index (χ2n) is 7.83. The number of amides is 1. The Morgan fingerprint density at radius 3 is 2.53 bits per heavy atom. The van der Waals surface area contributed by atoms with Crippen LogP contribution in [0.25, 0.3) is 0 Å². The second-order valence-corrected chi connectivity index (χ2v) is 9.61. The number of nitrogens with one attached hydrogen (secondary N) is 1. The van der Waals surface area contributed by atoms with Gasteiger partial charge < -0.3 is 9.88 Å².